The molecule has 1 unspecified atom stereocenters. The summed E-state index contributed by atoms with van der Waals surface area (Å²) in [6.07, 6.45) is -18.0. The highest BCUT2D eigenvalue weighted by molar-refractivity contribution is 7.85. The van der Waals surface area contributed by atoms with Gasteiger partial charge in [0, 0.05) is 18.9 Å². The number of hydrogen-bond donors (Lipinski definition) is 3. The molecule has 44 heavy (non-hydrogen) atoms. The lowest BCUT2D eigenvalue weighted by atomic mass is 9.99. The predicted molar refractivity (Wildman–Crippen MR) is 123 cm³/mol. The second-order valence-electron chi connectivity index (χ2n) is 8.84. The molecule has 1 aromatic heterocycles. The third kappa shape index (κ3) is 10.6. The average Bonchev–Trinajstić information content (AvgIpc) is 2.86. The van der Waals surface area contributed by atoms with Gasteiger partial charge >= 0.3 is 30.5 Å². The standard InChI is InChI=1S/C18H17F9O9S.C5H4FN/c1-14(30,16(19,20)21)2-4-35-12(28)9-6-10(8-11(7-9)37(32,33)34)13(29)36-5-3-15(31,17(22,23)24)18(25,26)27;6-5-2-1-3-7-4-5/h6-8,30-31H,2-5H2,1H3,(H,32,33,34);1-4H/p+1. The first-order valence-corrected chi connectivity index (χ1v) is 12.9. The van der Waals surface area contributed by atoms with Crippen molar-refractivity contribution in [3.63, 3.8) is 0 Å². The highest BCUT2D eigenvalue weighted by Gasteiger charge is 2.70. The van der Waals surface area contributed by atoms with E-state index in [1.54, 1.807) is 12.3 Å². The fourth-order valence-electron chi connectivity index (χ4n) is 2.74. The molecule has 0 bridgehead atoms. The quantitative estimate of drug-likeness (QED) is 0.203. The molecule has 4 N–H and O–H groups in total. The van der Waals surface area contributed by atoms with Gasteiger partial charge in [0.25, 0.3) is 15.7 Å². The van der Waals surface area contributed by atoms with E-state index < -0.39 is 93.9 Å². The maximum Gasteiger partial charge on any atom is 0.426 e. The number of carbonyl (C=O) groups is 2. The van der Waals surface area contributed by atoms with Gasteiger partial charge in [0.2, 0.25) is 6.20 Å². The Bertz CT molecular complexity index is 1380. The number of pyridine rings is 1. The Morgan fingerprint density at radius 1 is 0.818 bits per heavy atom. The van der Waals surface area contributed by atoms with Crippen molar-refractivity contribution in [2.24, 2.45) is 0 Å². The van der Waals surface area contributed by atoms with Crippen LogP contribution >= 0.6 is 0 Å². The van der Waals surface area contributed by atoms with Gasteiger partial charge in [-0.05, 0) is 31.2 Å². The molecular formula is C23H22F10NO9S+. The number of alkyl halides is 9. The zero-order valence-corrected chi connectivity index (χ0v) is 22.7. The molecule has 2 aromatic rings. The number of aliphatic hydroxyl groups is 2. The molecule has 0 radical (unpaired) electrons. The molecule has 248 valence electrons. The summed E-state index contributed by atoms with van der Waals surface area (Å²) in [6, 6.07) is 4.12. The highest BCUT2D eigenvalue weighted by atomic mass is 32.2. The van der Waals surface area contributed by atoms with E-state index in [1.807, 2.05) is 0 Å². The molecule has 10 nitrogen and oxygen atoms in total. The van der Waals surface area contributed by atoms with Crippen LogP contribution in [0.3, 0.4) is 0 Å². The van der Waals surface area contributed by atoms with Crippen molar-refractivity contribution in [1.82, 2.24) is 0 Å². The van der Waals surface area contributed by atoms with E-state index in [-0.39, 0.29) is 5.82 Å². The van der Waals surface area contributed by atoms with Gasteiger partial charge in [0.1, 0.15) is 0 Å². The van der Waals surface area contributed by atoms with Gasteiger partial charge in [-0.15, -0.1) is 0 Å². The second-order valence-corrected chi connectivity index (χ2v) is 10.3. The van der Waals surface area contributed by atoms with Gasteiger partial charge < -0.3 is 19.7 Å². The lowest BCUT2D eigenvalue weighted by Gasteiger charge is -2.31. The van der Waals surface area contributed by atoms with Crippen LogP contribution in [-0.2, 0) is 19.6 Å². The maximum absolute atomic E-state index is 12.7. The number of hydrogen-bond acceptors (Lipinski definition) is 8. The number of ether oxygens (including phenoxy) is 2. The molecule has 1 heterocycles. The molecule has 2 rings (SSSR count). The van der Waals surface area contributed by atoms with Gasteiger partial charge in [-0.3, -0.25) is 4.55 Å². The number of aromatic nitrogens is 1. The van der Waals surface area contributed by atoms with Crippen LogP contribution in [0.2, 0.25) is 0 Å². The number of H-pyrrole nitrogens is 1. The van der Waals surface area contributed by atoms with E-state index >= 15 is 0 Å². The van der Waals surface area contributed by atoms with Crippen LogP contribution in [-0.4, -0.2) is 78.1 Å². The number of esters is 2. The third-order valence-electron chi connectivity index (χ3n) is 5.41. The molecule has 1 aromatic carbocycles. The zero-order chi connectivity index (χ0) is 34.4. The summed E-state index contributed by atoms with van der Waals surface area (Å²) in [7, 11) is -5.20. The summed E-state index contributed by atoms with van der Waals surface area (Å²) in [5, 5.41) is 18.3. The first-order chi connectivity index (χ1) is 19.7. The minimum Gasteiger partial charge on any atom is -0.462 e. The van der Waals surface area contributed by atoms with Crippen LogP contribution in [0.1, 0.15) is 40.5 Å². The molecule has 0 aliphatic rings. The highest BCUT2D eigenvalue weighted by Crippen LogP contribution is 2.45. The number of rotatable bonds is 9. The summed E-state index contributed by atoms with van der Waals surface area (Å²) < 4.78 is 167. The molecule has 0 aliphatic carbocycles. The summed E-state index contributed by atoms with van der Waals surface area (Å²) >= 11 is 0. The van der Waals surface area contributed by atoms with E-state index in [0.29, 0.717) is 25.1 Å². The van der Waals surface area contributed by atoms with Crippen molar-refractivity contribution < 1.29 is 91.1 Å². The van der Waals surface area contributed by atoms with Crippen molar-refractivity contribution in [3.8, 4) is 0 Å². The smallest absolute Gasteiger partial charge is 0.426 e. The Morgan fingerprint density at radius 3 is 1.59 bits per heavy atom. The minimum atomic E-state index is -6.23. The molecule has 0 saturated carbocycles. The second kappa shape index (κ2) is 14.0. The average molecular weight is 678 g/mol. The molecule has 1 atom stereocenters. The first kappa shape index (κ1) is 38.5. The van der Waals surface area contributed by atoms with Crippen molar-refractivity contribution in [2.45, 2.75) is 54.4 Å². The number of carbonyl (C=O) groups excluding carboxylic acids is 2. The number of halogens is 10. The van der Waals surface area contributed by atoms with Crippen LogP contribution in [0.5, 0.6) is 0 Å². The Kier molecular flexibility index (Phi) is 12.3. The summed E-state index contributed by atoms with van der Waals surface area (Å²) in [5.41, 5.74) is -10.5. The van der Waals surface area contributed by atoms with Crippen LogP contribution in [0.25, 0.3) is 0 Å². The SMILES string of the molecule is CC(O)(CCOC(=O)c1cc(C(=O)OCCC(O)(C(F)(F)F)C(F)(F)F)cc(S(=O)(=O)O)c1)C(F)(F)F.Fc1ccc[nH+]c1. The number of benzene rings is 1. The fraction of sp³-hybridized carbons (Fsp3) is 0.435. The normalized spacial score (nSPS) is 14.1. The molecule has 0 aliphatic heterocycles. The lowest BCUT2D eigenvalue weighted by Crippen LogP contribution is -2.57. The van der Waals surface area contributed by atoms with Gasteiger partial charge in [-0.1, -0.05) is 0 Å². The lowest BCUT2D eigenvalue weighted by molar-refractivity contribution is -0.380. The number of nitrogens with one attached hydrogen (secondary N) is 1. The van der Waals surface area contributed by atoms with Crippen molar-refractivity contribution in [1.29, 1.82) is 0 Å². The van der Waals surface area contributed by atoms with Crippen molar-refractivity contribution >= 4 is 22.1 Å². The van der Waals surface area contributed by atoms with Gasteiger partial charge in [-0.25, -0.2) is 19.0 Å². The Balaban J connectivity index is 0.00000120. The van der Waals surface area contributed by atoms with Crippen LogP contribution in [0.15, 0.2) is 47.6 Å². The maximum atomic E-state index is 12.7. The van der Waals surface area contributed by atoms with Crippen LogP contribution in [0, 0.1) is 5.82 Å². The molecule has 21 heteroatoms. The Hall–Kier alpha value is -3.56. The largest absolute Gasteiger partial charge is 0.462 e. The first-order valence-electron chi connectivity index (χ1n) is 11.5. The van der Waals surface area contributed by atoms with Crippen LogP contribution < -0.4 is 4.98 Å². The minimum absolute atomic E-state index is 0.234. The van der Waals surface area contributed by atoms with E-state index in [2.05, 4.69) is 14.5 Å². The summed E-state index contributed by atoms with van der Waals surface area (Å²) in [5.74, 6) is -3.64. The van der Waals surface area contributed by atoms with E-state index in [9.17, 15) is 67.0 Å². The molecule has 0 amide bonds. The predicted octanol–water partition coefficient (Wildman–Crippen LogP) is 3.84. The van der Waals surface area contributed by atoms with E-state index in [4.69, 9.17) is 9.66 Å². The fourth-order valence-corrected chi connectivity index (χ4v) is 3.29. The third-order valence-corrected chi connectivity index (χ3v) is 6.24. The zero-order valence-electron chi connectivity index (χ0n) is 21.8. The van der Waals surface area contributed by atoms with E-state index in [1.165, 1.54) is 12.3 Å². The molecule has 0 spiro atoms. The van der Waals surface area contributed by atoms with Gasteiger partial charge in [0.15, 0.2) is 17.6 Å². The monoisotopic (exact) mass is 678 g/mol. The molecular weight excluding hydrogens is 656 g/mol. The van der Waals surface area contributed by atoms with Gasteiger partial charge in [0.05, 0.1) is 29.2 Å². The van der Waals surface area contributed by atoms with Crippen molar-refractivity contribution in [3.05, 3.63) is 59.7 Å². The number of aromatic amines is 1. The van der Waals surface area contributed by atoms with Gasteiger partial charge in [-0.2, -0.15) is 47.9 Å². The molecule has 0 fully saturated rings. The topological polar surface area (TPSA) is 162 Å². The Labute approximate surface area is 241 Å². The van der Waals surface area contributed by atoms with Crippen molar-refractivity contribution in [2.75, 3.05) is 13.2 Å². The van der Waals surface area contributed by atoms with Crippen LogP contribution in [0.4, 0.5) is 43.9 Å². The summed E-state index contributed by atoms with van der Waals surface area (Å²) in [4.78, 5) is 25.6. The van der Waals surface area contributed by atoms with E-state index in [0.717, 1.165) is 0 Å². The Morgan fingerprint density at radius 2 is 1.27 bits per heavy atom. The summed E-state index contributed by atoms with van der Waals surface area (Å²) in [6.45, 7) is -2.45. The molecule has 0 saturated heterocycles.